The molecule has 5 heteroatoms. The fourth-order valence-corrected chi connectivity index (χ4v) is 6.12. The number of amides is 1. The second kappa shape index (κ2) is 8.88. The maximum Gasteiger partial charge on any atom is 0.220 e. The molecule has 1 saturated heterocycles. The van der Waals surface area contributed by atoms with Crippen LogP contribution in [0, 0.1) is 5.92 Å². The van der Waals surface area contributed by atoms with E-state index in [1.165, 1.54) is 30.6 Å². The molecule has 2 unspecified atom stereocenters. The van der Waals surface area contributed by atoms with Crippen molar-refractivity contribution in [2.24, 2.45) is 5.92 Å². The Balaban J connectivity index is 1.29. The largest absolute Gasteiger partial charge is 0.493 e. The number of carbonyl (C=O) groups excluding carboxylic acids is 1. The summed E-state index contributed by atoms with van der Waals surface area (Å²) in [5, 5.41) is 3.91. The SMILES string of the molecule is O=C(CCCCC1CCSS1)NCC1COc2ccccc2C1. The lowest BCUT2D eigenvalue weighted by Gasteiger charge is -2.25. The number of benzene rings is 1. The second-order valence-electron chi connectivity index (χ2n) is 6.37. The molecule has 2 aliphatic heterocycles. The smallest absolute Gasteiger partial charge is 0.220 e. The first-order valence-corrected chi connectivity index (χ1v) is 10.9. The number of fused-ring (bicyclic) bond motifs is 1. The van der Waals surface area contributed by atoms with Gasteiger partial charge in [-0.1, -0.05) is 46.2 Å². The summed E-state index contributed by atoms with van der Waals surface area (Å²) in [5.41, 5.74) is 1.25. The van der Waals surface area contributed by atoms with E-state index in [-0.39, 0.29) is 5.91 Å². The number of ether oxygens (including phenoxy) is 1. The quantitative estimate of drug-likeness (QED) is 0.594. The van der Waals surface area contributed by atoms with Crippen molar-refractivity contribution >= 4 is 27.5 Å². The molecule has 126 valence electrons. The first-order chi connectivity index (χ1) is 11.3. The minimum atomic E-state index is 0.192. The van der Waals surface area contributed by atoms with Crippen molar-refractivity contribution in [2.45, 2.75) is 43.8 Å². The maximum atomic E-state index is 12.0. The molecule has 0 spiro atoms. The highest BCUT2D eigenvalue weighted by molar-refractivity contribution is 8.77. The zero-order valence-electron chi connectivity index (χ0n) is 13.5. The highest BCUT2D eigenvalue weighted by Gasteiger charge is 2.20. The van der Waals surface area contributed by atoms with E-state index >= 15 is 0 Å². The lowest BCUT2D eigenvalue weighted by atomic mass is 9.96. The van der Waals surface area contributed by atoms with Crippen LogP contribution in [0.25, 0.3) is 0 Å². The van der Waals surface area contributed by atoms with Crippen molar-refractivity contribution in [1.29, 1.82) is 0 Å². The molecule has 0 bridgehead atoms. The van der Waals surface area contributed by atoms with E-state index in [1.807, 2.05) is 39.8 Å². The standard InChI is InChI=1S/C18H25NO2S2/c20-18(8-4-2-6-16-9-10-22-23-16)19-12-14-11-15-5-1-3-7-17(15)21-13-14/h1,3,5,7,14,16H,2,4,6,8-13H2,(H,19,20). The Labute approximate surface area is 146 Å². The molecule has 3 rings (SSSR count). The summed E-state index contributed by atoms with van der Waals surface area (Å²) in [6.07, 6.45) is 6.44. The van der Waals surface area contributed by atoms with Crippen molar-refractivity contribution in [3.05, 3.63) is 29.8 Å². The number of rotatable bonds is 7. The molecule has 1 aromatic carbocycles. The number of hydrogen-bond acceptors (Lipinski definition) is 4. The molecule has 1 N–H and O–H groups in total. The first-order valence-electron chi connectivity index (χ1n) is 8.57. The molecule has 0 saturated carbocycles. The van der Waals surface area contributed by atoms with E-state index in [9.17, 15) is 4.79 Å². The monoisotopic (exact) mass is 351 g/mol. The third-order valence-electron chi connectivity index (χ3n) is 4.45. The van der Waals surface area contributed by atoms with E-state index in [4.69, 9.17) is 4.74 Å². The number of nitrogens with one attached hydrogen (secondary N) is 1. The summed E-state index contributed by atoms with van der Waals surface area (Å²) < 4.78 is 5.77. The molecule has 0 aromatic heterocycles. The van der Waals surface area contributed by atoms with E-state index < -0.39 is 0 Å². The fourth-order valence-electron chi connectivity index (χ4n) is 3.09. The lowest BCUT2D eigenvalue weighted by molar-refractivity contribution is -0.121. The van der Waals surface area contributed by atoms with Crippen LogP contribution in [0.5, 0.6) is 5.75 Å². The zero-order valence-corrected chi connectivity index (χ0v) is 15.1. The van der Waals surface area contributed by atoms with E-state index in [1.54, 1.807) is 0 Å². The van der Waals surface area contributed by atoms with Crippen LogP contribution in [0.3, 0.4) is 0 Å². The molecule has 2 heterocycles. The fraction of sp³-hybridized carbons (Fsp3) is 0.611. The molecule has 3 nitrogen and oxygen atoms in total. The summed E-state index contributed by atoms with van der Waals surface area (Å²) in [4.78, 5) is 12.0. The summed E-state index contributed by atoms with van der Waals surface area (Å²) in [6, 6.07) is 8.18. The first kappa shape index (κ1) is 17.0. The van der Waals surface area contributed by atoms with Crippen molar-refractivity contribution in [1.82, 2.24) is 5.32 Å². The van der Waals surface area contributed by atoms with Crippen LogP contribution in [0.1, 0.15) is 37.7 Å². The van der Waals surface area contributed by atoms with Crippen molar-refractivity contribution in [3.63, 3.8) is 0 Å². The van der Waals surface area contributed by atoms with Gasteiger partial charge >= 0.3 is 0 Å². The zero-order chi connectivity index (χ0) is 15.9. The number of para-hydroxylation sites is 1. The Morgan fingerprint density at radius 2 is 2.22 bits per heavy atom. The Kier molecular flexibility index (Phi) is 6.57. The molecule has 2 atom stereocenters. The molecular formula is C18H25NO2S2. The maximum absolute atomic E-state index is 12.0. The molecule has 1 fully saturated rings. The number of unbranched alkanes of at least 4 members (excludes halogenated alkanes) is 1. The molecule has 23 heavy (non-hydrogen) atoms. The van der Waals surface area contributed by atoms with Gasteiger partial charge in [-0.25, -0.2) is 0 Å². The van der Waals surface area contributed by atoms with Crippen LogP contribution in [-0.2, 0) is 11.2 Å². The van der Waals surface area contributed by atoms with Gasteiger partial charge in [-0.05, 0) is 37.3 Å². The Morgan fingerprint density at radius 1 is 1.30 bits per heavy atom. The molecule has 1 aromatic rings. The van der Waals surface area contributed by atoms with Gasteiger partial charge < -0.3 is 10.1 Å². The van der Waals surface area contributed by atoms with Gasteiger partial charge in [0.25, 0.3) is 0 Å². The second-order valence-corrected chi connectivity index (χ2v) is 9.16. The number of hydrogen-bond donors (Lipinski definition) is 1. The van der Waals surface area contributed by atoms with Gasteiger partial charge in [0.05, 0.1) is 6.61 Å². The van der Waals surface area contributed by atoms with E-state index in [0.29, 0.717) is 18.9 Å². The normalized spacial score (nSPS) is 23.1. The van der Waals surface area contributed by atoms with Gasteiger partial charge in [0, 0.05) is 29.9 Å². The van der Waals surface area contributed by atoms with Gasteiger partial charge in [0.1, 0.15) is 5.75 Å². The third-order valence-corrected chi connectivity index (χ3v) is 7.46. The third kappa shape index (κ3) is 5.35. The highest BCUT2D eigenvalue weighted by atomic mass is 33.1. The number of carbonyl (C=O) groups is 1. The molecule has 2 aliphatic rings. The van der Waals surface area contributed by atoms with Gasteiger partial charge in [-0.3, -0.25) is 4.79 Å². The minimum Gasteiger partial charge on any atom is -0.493 e. The van der Waals surface area contributed by atoms with Crippen LogP contribution in [-0.4, -0.2) is 30.1 Å². The van der Waals surface area contributed by atoms with Crippen molar-refractivity contribution < 1.29 is 9.53 Å². The molecular weight excluding hydrogens is 326 g/mol. The average molecular weight is 352 g/mol. The Hall–Kier alpha value is -0.810. The summed E-state index contributed by atoms with van der Waals surface area (Å²) in [6.45, 7) is 1.43. The summed E-state index contributed by atoms with van der Waals surface area (Å²) in [7, 11) is 4.02. The van der Waals surface area contributed by atoms with Crippen LogP contribution in [0.15, 0.2) is 24.3 Å². The molecule has 0 aliphatic carbocycles. The van der Waals surface area contributed by atoms with E-state index in [0.717, 1.165) is 30.4 Å². The van der Waals surface area contributed by atoms with Crippen LogP contribution >= 0.6 is 21.6 Å². The van der Waals surface area contributed by atoms with Gasteiger partial charge in [0.15, 0.2) is 0 Å². The van der Waals surface area contributed by atoms with Crippen LogP contribution < -0.4 is 10.1 Å². The Bertz CT molecular complexity index is 517. The molecule has 0 radical (unpaired) electrons. The lowest BCUT2D eigenvalue weighted by Crippen LogP contribution is -2.34. The average Bonchev–Trinajstić information content (AvgIpc) is 3.10. The minimum absolute atomic E-state index is 0.192. The summed E-state index contributed by atoms with van der Waals surface area (Å²) >= 11 is 0. The predicted molar refractivity (Wildman–Crippen MR) is 99.1 cm³/mol. The van der Waals surface area contributed by atoms with Gasteiger partial charge in [-0.15, -0.1) is 0 Å². The predicted octanol–water partition coefficient (Wildman–Crippen LogP) is 4.07. The van der Waals surface area contributed by atoms with Gasteiger partial charge in [0.2, 0.25) is 5.91 Å². The highest BCUT2D eigenvalue weighted by Crippen LogP contribution is 2.39. The van der Waals surface area contributed by atoms with E-state index in [2.05, 4.69) is 11.4 Å². The topological polar surface area (TPSA) is 38.3 Å². The van der Waals surface area contributed by atoms with Gasteiger partial charge in [-0.2, -0.15) is 0 Å². The van der Waals surface area contributed by atoms with Crippen molar-refractivity contribution in [2.75, 3.05) is 18.9 Å². The molecule has 1 amide bonds. The Morgan fingerprint density at radius 3 is 3.09 bits per heavy atom. The van der Waals surface area contributed by atoms with Crippen LogP contribution in [0.4, 0.5) is 0 Å². The summed E-state index contributed by atoms with van der Waals surface area (Å²) in [5.74, 6) is 2.87. The van der Waals surface area contributed by atoms with Crippen LogP contribution in [0.2, 0.25) is 0 Å². The van der Waals surface area contributed by atoms with Crippen molar-refractivity contribution in [3.8, 4) is 5.75 Å².